The van der Waals surface area contributed by atoms with Gasteiger partial charge in [-0.2, -0.15) is 0 Å². The van der Waals surface area contributed by atoms with Gasteiger partial charge in [-0.15, -0.1) is 0 Å². The lowest BCUT2D eigenvalue weighted by atomic mass is 9.72. The molecule has 0 aliphatic heterocycles. The summed E-state index contributed by atoms with van der Waals surface area (Å²) in [4.78, 5) is 7.53. The molecule has 1 aromatic carbocycles. The molecule has 0 saturated carbocycles. The second-order valence-corrected chi connectivity index (χ2v) is 6.50. The van der Waals surface area contributed by atoms with E-state index in [0.717, 1.165) is 41.9 Å². The Hall–Kier alpha value is -2.72. The van der Waals surface area contributed by atoms with E-state index in [2.05, 4.69) is 21.8 Å². The molecule has 0 saturated heterocycles. The van der Waals surface area contributed by atoms with E-state index in [1.807, 2.05) is 24.3 Å². The van der Waals surface area contributed by atoms with E-state index in [1.54, 1.807) is 14.2 Å². The van der Waals surface area contributed by atoms with Crippen molar-refractivity contribution in [2.24, 2.45) is 5.92 Å². The van der Waals surface area contributed by atoms with Gasteiger partial charge in [0.2, 0.25) is 0 Å². The number of benzene rings is 1. The van der Waals surface area contributed by atoms with Crippen molar-refractivity contribution in [1.82, 2.24) is 0 Å². The zero-order valence-corrected chi connectivity index (χ0v) is 14.7. The second-order valence-electron chi connectivity index (χ2n) is 6.50. The van der Waals surface area contributed by atoms with Gasteiger partial charge in [-0.3, -0.25) is 0 Å². The minimum absolute atomic E-state index is 0.0852. The van der Waals surface area contributed by atoms with Crippen LogP contribution in [-0.2, 0) is 0 Å². The molecule has 0 heterocycles. The van der Waals surface area contributed by atoms with E-state index in [9.17, 15) is 0 Å². The number of hydrogen-bond donors (Lipinski definition) is 0. The molecule has 3 rings (SSSR count). The van der Waals surface area contributed by atoms with E-state index >= 15 is 0 Å². The zero-order valence-electron chi connectivity index (χ0n) is 14.7. The Morgan fingerprint density at radius 2 is 1.96 bits per heavy atom. The first-order chi connectivity index (χ1) is 12.2. The van der Waals surface area contributed by atoms with Crippen LogP contribution in [0.3, 0.4) is 0 Å². The number of fused-ring (bicyclic) bond motifs is 1. The molecule has 0 unspecified atom stereocenters. The molecule has 4 nitrogen and oxygen atoms in total. The van der Waals surface area contributed by atoms with Gasteiger partial charge in [-0.25, -0.2) is 22.8 Å². The normalized spacial score (nSPS) is 24.1. The highest BCUT2D eigenvalue weighted by Gasteiger charge is 2.53. The number of nitrogens with zero attached hydrogens (tertiary/aromatic N) is 2. The fourth-order valence-electron chi connectivity index (χ4n) is 4.03. The molecule has 0 bridgehead atoms. The van der Waals surface area contributed by atoms with Crippen molar-refractivity contribution in [2.45, 2.75) is 37.3 Å². The number of rotatable bonds is 3. The summed E-state index contributed by atoms with van der Waals surface area (Å²) in [7, 11) is 3.33. The van der Waals surface area contributed by atoms with Crippen LogP contribution in [0.5, 0.6) is 11.5 Å². The smallest absolute Gasteiger partial charge is 0.497 e. The topological polar surface area (TPSA) is 27.2 Å². The van der Waals surface area contributed by atoms with Gasteiger partial charge in [-0.05, 0) is 37.5 Å². The highest BCUT2D eigenvalue weighted by molar-refractivity contribution is 5.48. The summed E-state index contributed by atoms with van der Waals surface area (Å²) in [5.74, 6) is 1.84. The minimum atomic E-state index is -1.08. The van der Waals surface area contributed by atoms with Gasteiger partial charge in [0.1, 0.15) is 23.5 Å². The fourth-order valence-corrected chi connectivity index (χ4v) is 4.03. The second kappa shape index (κ2) is 7.03. The van der Waals surface area contributed by atoms with Gasteiger partial charge in [-0.1, -0.05) is 18.2 Å². The molecule has 2 aliphatic rings. The lowest BCUT2D eigenvalue weighted by Crippen LogP contribution is -2.30. The SMILES string of the molecule is [C-]#[N+]C1([N+]#[C-])CC=C[C@@H](c2cc(OC)ccc2OC)[C@@H]2CCCC=C21. The van der Waals surface area contributed by atoms with Crippen LogP contribution in [0, 0.1) is 19.1 Å². The van der Waals surface area contributed by atoms with Crippen LogP contribution in [-0.4, -0.2) is 19.9 Å². The van der Waals surface area contributed by atoms with Crippen LogP contribution < -0.4 is 9.47 Å². The third-order valence-corrected chi connectivity index (χ3v) is 5.29. The lowest BCUT2D eigenvalue weighted by molar-refractivity contribution is 0.383. The Balaban J connectivity index is 2.13. The predicted octanol–water partition coefficient (Wildman–Crippen LogP) is 5.01. The first kappa shape index (κ1) is 17.1. The Labute approximate surface area is 149 Å². The highest BCUT2D eigenvalue weighted by atomic mass is 16.5. The maximum Gasteiger partial charge on any atom is 0.509 e. The molecule has 0 spiro atoms. The summed E-state index contributed by atoms with van der Waals surface area (Å²) in [5, 5.41) is 0. The van der Waals surface area contributed by atoms with Gasteiger partial charge in [0.15, 0.2) is 0 Å². The van der Waals surface area contributed by atoms with Gasteiger partial charge in [0.25, 0.3) is 0 Å². The first-order valence-corrected chi connectivity index (χ1v) is 8.55. The van der Waals surface area contributed by atoms with Crippen LogP contribution in [0.2, 0.25) is 0 Å². The Bertz CT molecular complexity index is 781. The average Bonchev–Trinajstić information content (AvgIpc) is 2.84. The molecule has 0 amide bonds. The fraction of sp³-hybridized carbons (Fsp3) is 0.429. The van der Waals surface area contributed by atoms with Crippen molar-refractivity contribution in [1.29, 1.82) is 0 Å². The van der Waals surface area contributed by atoms with Crippen molar-refractivity contribution in [3.8, 4) is 11.5 Å². The molecule has 128 valence electrons. The molecule has 0 radical (unpaired) electrons. The van der Waals surface area contributed by atoms with E-state index in [4.69, 9.17) is 22.6 Å². The van der Waals surface area contributed by atoms with Crippen LogP contribution in [0.4, 0.5) is 0 Å². The molecule has 2 atom stereocenters. The lowest BCUT2D eigenvalue weighted by Gasteiger charge is -2.30. The summed E-state index contributed by atoms with van der Waals surface area (Å²) in [6.07, 6.45) is 9.74. The Morgan fingerprint density at radius 3 is 2.64 bits per heavy atom. The number of allylic oxidation sites excluding steroid dienone is 2. The Kier molecular flexibility index (Phi) is 4.81. The van der Waals surface area contributed by atoms with Crippen molar-refractivity contribution in [3.63, 3.8) is 0 Å². The molecular formula is C21H22N2O2. The zero-order chi connectivity index (χ0) is 17.9. The maximum atomic E-state index is 7.67. The molecule has 2 aliphatic carbocycles. The summed E-state index contributed by atoms with van der Waals surface area (Å²) < 4.78 is 11.0. The third kappa shape index (κ3) is 2.89. The highest BCUT2D eigenvalue weighted by Crippen LogP contribution is 2.49. The first-order valence-electron chi connectivity index (χ1n) is 8.55. The van der Waals surface area contributed by atoms with Gasteiger partial charge < -0.3 is 9.47 Å². The summed E-state index contributed by atoms with van der Waals surface area (Å²) in [5.41, 5.74) is 0.966. The molecule has 1 aromatic rings. The number of hydrogen-bond acceptors (Lipinski definition) is 2. The Morgan fingerprint density at radius 1 is 1.16 bits per heavy atom. The molecule has 0 N–H and O–H groups in total. The van der Waals surface area contributed by atoms with Crippen molar-refractivity contribution < 1.29 is 9.47 Å². The molecule has 25 heavy (non-hydrogen) atoms. The van der Waals surface area contributed by atoms with Crippen molar-refractivity contribution in [3.05, 3.63) is 70.4 Å². The summed E-state index contributed by atoms with van der Waals surface area (Å²) in [6, 6.07) is 5.84. The molecule has 0 aromatic heterocycles. The van der Waals surface area contributed by atoms with Crippen molar-refractivity contribution in [2.75, 3.05) is 14.2 Å². The van der Waals surface area contributed by atoms with E-state index in [-0.39, 0.29) is 11.8 Å². The summed E-state index contributed by atoms with van der Waals surface area (Å²) in [6.45, 7) is 15.3. The maximum absolute atomic E-state index is 7.67. The molecule has 0 fully saturated rings. The minimum Gasteiger partial charge on any atom is -0.497 e. The van der Waals surface area contributed by atoms with Crippen LogP contribution >= 0.6 is 0 Å². The van der Waals surface area contributed by atoms with Gasteiger partial charge in [0, 0.05) is 17.4 Å². The molecular weight excluding hydrogens is 312 g/mol. The van der Waals surface area contributed by atoms with E-state index in [0.29, 0.717) is 6.42 Å². The van der Waals surface area contributed by atoms with Crippen molar-refractivity contribution >= 4 is 0 Å². The van der Waals surface area contributed by atoms with Gasteiger partial charge in [0.05, 0.1) is 14.2 Å². The summed E-state index contributed by atoms with van der Waals surface area (Å²) >= 11 is 0. The predicted molar refractivity (Wildman–Crippen MR) is 97.4 cm³/mol. The number of methoxy groups -OCH3 is 2. The third-order valence-electron chi connectivity index (χ3n) is 5.29. The van der Waals surface area contributed by atoms with Crippen LogP contribution in [0.1, 0.15) is 37.2 Å². The van der Waals surface area contributed by atoms with E-state index < -0.39 is 5.66 Å². The van der Waals surface area contributed by atoms with E-state index in [1.165, 1.54) is 0 Å². The van der Waals surface area contributed by atoms with Gasteiger partial charge >= 0.3 is 5.66 Å². The van der Waals surface area contributed by atoms with Crippen LogP contribution in [0.25, 0.3) is 9.69 Å². The quantitative estimate of drug-likeness (QED) is 0.574. The van der Waals surface area contributed by atoms with Crippen LogP contribution in [0.15, 0.2) is 42.0 Å². The standard InChI is InChI=1S/C21H22N2O2/c1-22-21(23-2)13-7-9-16(17-8-5-6-10-19(17)21)18-14-15(24-3)11-12-20(18)25-4/h7,9-12,14,16-17H,5-6,8,13H2,3-4H3/t16-,17+/m1/s1. The molecule has 4 heteroatoms. The largest absolute Gasteiger partial charge is 0.509 e. The number of ether oxygens (including phenoxy) is 2. The monoisotopic (exact) mass is 334 g/mol. The average molecular weight is 334 g/mol.